The van der Waals surface area contributed by atoms with Crippen LogP contribution in [0.1, 0.15) is 50.2 Å². The molecule has 0 radical (unpaired) electrons. The van der Waals surface area contributed by atoms with Crippen molar-refractivity contribution in [3.63, 3.8) is 0 Å². The van der Waals surface area contributed by atoms with Crippen molar-refractivity contribution in [1.82, 2.24) is 0 Å². The molecule has 1 fully saturated rings. The number of hydrogen-bond donors (Lipinski definition) is 1. The molecule has 1 amide bonds. The molecule has 0 unspecified atom stereocenters. The van der Waals surface area contributed by atoms with Crippen molar-refractivity contribution < 1.29 is 4.79 Å². The molecule has 1 aromatic carbocycles. The van der Waals surface area contributed by atoms with Gasteiger partial charge in [-0.25, -0.2) is 0 Å². The summed E-state index contributed by atoms with van der Waals surface area (Å²) in [5.74, 6) is 0.195. The van der Waals surface area contributed by atoms with Crippen LogP contribution in [0.3, 0.4) is 0 Å². The van der Waals surface area contributed by atoms with Gasteiger partial charge >= 0.3 is 0 Å². The Balaban J connectivity index is 2.24. The lowest BCUT2D eigenvalue weighted by Crippen LogP contribution is -2.33. The van der Waals surface area contributed by atoms with Crippen LogP contribution in [-0.2, 0) is 4.79 Å². The van der Waals surface area contributed by atoms with E-state index < -0.39 is 0 Å². The number of benzene rings is 1. The minimum atomic E-state index is -0.142. The van der Waals surface area contributed by atoms with E-state index in [-0.39, 0.29) is 11.3 Å². The fraction of sp³-hybridized carbons (Fsp3) is 0.562. The Morgan fingerprint density at radius 3 is 2.47 bits per heavy atom. The van der Waals surface area contributed by atoms with E-state index in [0.29, 0.717) is 0 Å². The summed E-state index contributed by atoms with van der Waals surface area (Å²) < 4.78 is 0.975. The quantitative estimate of drug-likeness (QED) is 0.835. The number of anilines is 1. The van der Waals surface area contributed by atoms with Crippen LogP contribution in [0.4, 0.5) is 5.69 Å². The van der Waals surface area contributed by atoms with Gasteiger partial charge in [-0.3, -0.25) is 4.79 Å². The topological polar surface area (TPSA) is 29.1 Å². The number of aryl methyl sites for hydroxylation is 2. The molecule has 0 spiro atoms. The molecule has 0 atom stereocenters. The van der Waals surface area contributed by atoms with Crippen molar-refractivity contribution >= 4 is 27.5 Å². The minimum absolute atomic E-state index is 0.142. The van der Waals surface area contributed by atoms with Gasteiger partial charge in [0.25, 0.3) is 0 Å². The average Bonchev–Trinajstić information content (AvgIpc) is 2.83. The van der Waals surface area contributed by atoms with E-state index in [1.165, 1.54) is 18.4 Å². The summed E-state index contributed by atoms with van der Waals surface area (Å²) in [4.78, 5) is 12.6. The van der Waals surface area contributed by atoms with Gasteiger partial charge in [0.15, 0.2) is 0 Å². The van der Waals surface area contributed by atoms with Crippen molar-refractivity contribution in [3.8, 4) is 0 Å². The number of hydrogen-bond acceptors (Lipinski definition) is 1. The highest BCUT2D eigenvalue weighted by Gasteiger charge is 2.39. The molecule has 1 aliphatic carbocycles. The molecule has 2 nitrogen and oxygen atoms in total. The first-order valence-corrected chi connectivity index (χ1v) is 7.86. The third kappa shape index (κ3) is 2.86. The van der Waals surface area contributed by atoms with Gasteiger partial charge in [0.1, 0.15) is 0 Å². The molecular formula is C16H22BrNO. The monoisotopic (exact) mass is 323 g/mol. The third-order valence-corrected chi connectivity index (χ3v) is 5.01. The van der Waals surface area contributed by atoms with Crippen molar-refractivity contribution in [2.24, 2.45) is 5.41 Å². The standard InChI is InChI=1S/C16H22BrNO/c1-4-16(7-5-6-8-16)15(19)18-14-12(3)9-11(2)10-13(14)17/h9-10H,4-8H2,1-3H3,(H,18,19). The summed E-state index contributed by atoms with van der Waals surface area (Å²) in [6.45, 7) is 6.23. The van der Waals surface area contributed by atoms with E-state index >= 15 is 0 Å². The lowest BCUT2D eigenvalue weighted by atomic mass is 9.82. The largest absolute Gasteiger partial charge is 0.324 e. The Morgan fingerprint density at radius 2 is 1.95 bits per heavy atom. The van der Waals surface area contributed by atoms with Crippen LogP contribution in [0.25, 0.3) is 0 Å². The number of halogens is 1. The van der Waals surface area contributed by atoms with Gasteiger partial charge in [-0.2, -0.15) is 0 Å². The van der Waals surface area contributed by atoms with Gasteiger partial charge in [0.05, 0.1) is 5.69 Å². The molecule has 104 valence electrons. The first-order valence-electron chi connectivity index (χ1n) is 7.07. The summed E-state index contributed by atoms with van der Waals surface area (Å²) in [7, 11) is 0. The summed E-state index contributed by atoms with van der Waals surface area (Å²) >= 11 is 3.56. The Morgan fingerprint density at radius 1 is 1.32 bits per heavy atom. The Kier molecular flexibility index (Phi) is 4.34. The van der Waals surface area contributed by atoms with Gasteiger partial charge in [-0.05, 0) is 66.2 Å². The number of amides is 1. The molecule has 3 heteroatoms. The molecule has 0 heterocycles. The Bertz CT molecular complexity index is 467. The zero-order chi connectivity index (χ0) is 14.0. The summed E-state index contributed by atoms with van der Waals surface area (Å²) in [5, 5.41) is 3.15. The van der Waals surface area contributed by atoms with Crippen LogP contribution in [0.2, 0.25) is 0 Å². The first kappa shape index (κ1) is 14.6. The second kappa shape index (κ2) is 5.66. The highest BCUT2D eigenvalue weighted by molar-refractivity contribution is 9.10. The second-order valence-electron chi connectivity index (χ2n) is 5.73. The van der Waals surface area contributed by atoms with Crippen molar-refractivity contribution in [1.29, 1.82) is 0 Å². The van der Waals surface area contributed by atoms with Gasteiger partial charge in [0.2, 0.25) is 5.91 Å². The molecule has 0 saturated heterocycles. The third-order valence-electron chi connectivity index (χ3n) is 4.39. The first-order chi connectivity index (χ1) is 8.98. The molecule has 19 heavy (non-hydrogen) atoms. The van der Waals surface area contributed by atoms with Crippen LogP contribution in [0, 0.1) is 19.3 Å². The van der Waals surface area contributed by atoms with Crippen molar-refractivity contribution in [2.45, 2.75) is 52.9 Å². The SMILES string of the molecule is CCC1(C(=O)Nc2c(C)cc(C)cc2Br)CCCC1. The Hall–Kier alpha value is -0.830. The molecule has 1 aromatic rings. The molecule has 0 aromatic heterocycles. The van der Waals surface area contributed by atoms with Gasteiger partial charge in [0, 0.05) is 9.89 Å². The predicted molar refractivity (Wildman–Crippen MR) is 83.4 cm³/mol. The fourth-order valence-electron chi connectivity index (χ4n) is 3.11. The number of carbonyl (C=O) groups is 1. The van der Waals surface area contributed by atoms with Gasteiger partial charge < -0.3 is 5.32 Å². The maximum absolute atomic E-state index is 12.6. The molecule has 0 aliphatic heterocycles. The van der Waals surface area contributed by atoms with Crippen LogP contribution >= 0.6 is 15.9 Å². The normalized spacial score (nSPS) is 17.5. The van der Waals surface area contributed by atoms with E-state index in [4.69, 9.17) is 0 Å². The van der Waals surface area contributed by atoms with E-state index in [2.05, 4.69) is 47.2 Å². The molecule has 1 saturated carbocycles. The maximum atomic E-state index is 12.6. The molecule has 1 aliphatic rings. The molecule has 0 bridgehead atoms. The van der Waals surface area contributed by atoms with E-state index in [0.717, 1.165) is 35.0 Å². The fourth-order valence-corrected chi connectivity index (χ4v) is 3.89. The highest BCUT2D eigenvalue weighted by Crippen LogP contribution is 2.42. The summed E-state index contributed by atoms with van der Waals surface area (Å²) in [5.41, 5.74) is 3.10. The van der Waals surface area contributed by atoms with Crippen molar-refractivity contribution in [3.05, 3.63) is 27.7 Å². The van der Waals surface area contributed by atoms with Crippen LogP contribution in [0.5, 0.6) is 0 Å². The van der Waals surface area contributed by atoms with E-state index in [1.54, 1.807) is 0 Å². The minimum Gasteiger partial charge on any atom is -0.324 e. The van der Waals surface area contributed by atoms with Gasteiger partial charge in [-0.1, -0.05) is 25.8 Å². The molecule has 1 N–H and O–H groups in total. The van der Waals surface area contributed by atoms with Crippen molar-refractivity contribution in [2.75, 3.05) is 5.32 Å². The average molecular weight is 324 g/mol. The number of carbonyl (C=O) groups excluding carboxylic acids is 1. The second-order valence-corrected chi connectivity index (χ2v) is 6.59. The number of rotatable bonds is 3. The predicted octanol–water partition coefficient (Wildman–Crippen LogP) is 4.97. The molecule has 2 rings (SSSR count). The molecular weight excluding hydrogens is 302 g/mol. The zero-order valence-electron chi connectivity index (χ0n) is 12.0. The number of nitrogens with one attached hydrogen (secondary N) is 1. The van der Waals surface area contributed by atoms with Crippen LogP contribution in [-0.4, -0.2) is 5.91 Å². The lowest BCUT2D eigenvalue weighted by Gasteiger charge is -2.27. The van der Waals surface area contributed by atoms with Gasteiger partial charge in [-0.15, -0.1) is 0 Å². The highest BCUT2D eigenvalue weighted by atomic mass is 79.9. The smallest absolute Gasteiger partial charge is 0.230 e. The maximum Gasteiger partial charge on any atom is 0.230 e. The van der Waals surface area contributed by atoms with Crippen LogP contribution in [0.15, 0.2) is 16.6 Å². The lowest BCUT2D eigenvalue weighted by molar-refractivity contribution is -0.125. The zero-order valence-corrected chi connectivity index (χ0v) is 13.6. The summed E-state index contributed by atoms with van der Waals surface area (Å²) in [6, 6.07) is 4.16. The Labute approximate surface area is 124 Å². The summed E-state index contributed by atoms with van der Waals surface area (Å²) in [6.07, 6.45) is 5.34. The van der Waals surface area contributed by atoms with E-state index in [1.807, 2.05) is 6.92 Å². The van der Waals surface area contributed by atoms with E-state index in [9.17, 15) is 4.79 Å². The van der Waals surface area contributed by atoms with Crippen LogP contribution < -0.4 is 5.32 Å².